The van der Waals surface area contributed by atoms with Crippen LogP contribution in [0.5, 0.6) is 0 Å². The molecule has 0 amide bonds. The number of aliphatic hydroxyl groups is 1. The molecule has 3 rings (SSSR count). The van der Waals surface area contributed by atoms with Crippen LogP contribution in [0.15, 0.2) is 47.7 Å². The van der Waals surface area contributed by atoms with Crippen molar-refractivity contribution < 1.29 is 9.84 Å². The van der Waals surface area contributed by atoms with E-state index in [4.69, 9.17) is 9.73 Å². The smallest absolute Gasteiger partial charge is 0.191 e. The molecule has 1 aliphatic heterocycles. The zero-order valence-electron chi connectivity index (χ0n) is 16.6. The van der Waals surface area contributed by atoms with E-state index in [0.29, 0.717) is 13.2 Å². The number of aromatic nitrogens is 2. The minimum atomic E-state index is -0.0171. The molecular weight excluding hydrogens is 354 g/mol. The Labute approximate surface area is 166 Å². The minimum absolute atomic E-state index is 0.0171. The van der Waals surface area contributed by atoms with Crippen LogP contribution in [-0.4, -0.2) is 53.5 Å². The Balaban J connectivity index is 1.62. The summed E-state index contributed by atoms with van der Waals surface area (Å²) < 4.78 is 7.70. The highest BCUT2D eigenvalue weighted by Gasteiger charge is 2.34. The zero-order valence-corrected chi connectivity index (χ0v) is 16.6. The summed E-state index contributed by atoms with van der Waals surface area (Å²) in [5, 5.41) is 16.1. The second-order valence-electron chi connectivity index (χ2n) is 7.28. The summed E-state index contributed by atoms with van der Waals surface area (Å²) in [6.45, 7) is 6.47. The lowest BCUT2D eigenvalue weighted by Crippen LogP contribution is -2.44. The molecule has 0 aliphatic carbocycles. The fraction of sp³-hybridized carbons (Fsp3) is 0.524. The van der Waals surface area contributed by atoms with Gasteiger partial charge in [-0.1, -0.05) is 30.3 Å². The van der Waals surface area contributed by atoms with Gasteiger partial charge in [-0.05, 0) is 25.3 Å². The highest BCUT2D eigenvalue weighted by molar-refractivity contribution is 5.79. The third-order valence-corrected chi connectivity index (χ3v) is 5.18. The quantitative estimate of drug-likeness (QED) is 0.453. The standard InChI is InChI=1S/C21H31N5O2/c1-2-22-20(25-16-21(8-12-27)9-13-28-17-21)24-14-19-23-10-11-26(19)15-18-6-4-3-5-7-18/h3-7,10-11,27H,2,8-9,12-17H2,1H3,(H2,22,24,25). The van der Waals surface area contributed by atoms with Crippen LogP contribution in [0, 0.1) is 5.41 Å². The first-order valence-corrected chi connectivity index (χ1v) is 9.99. The molecule has 1 atom stereocenters. The van der Waals surface area contributed by atoms with Crippen molar-refractivity contribution in [2.45, 2.75) is 32.9 Å². The van der Waals surface area contributed by atoms with Gasteiger partial charge >= 0.3 is 0 Å². The van der Waals surface area contributed by atoms with Gasteiger partial charge in [0.2, 0.25) is 0 Å². The van der Waals surface area contributed by atoms with E-state index >= 15 is 0 Å². The first-order chi connectivity index (χ1) is 13.7. The van der Waals surface area contributed by atoms with E-state index in [1.807, 2.05) is 30.6 Å². The van der Waals surface area contributed by atoms with Gasteiger partial charge in [0.1, 0.15) is 12.4 Å². The van der Waals surface area contributed by atoms with Gasteiger partial charge in [0, 0.05) is 50.7 Å². The number of imidazole rings is 1. The average molecular weight is 386 g/mol. The van der Waals surface area contributed by atoms with Crippen molar-refractivity contribution in [1.29, 1.82) is 0 Å². The predicted molar refractivity (Wildman–Crippen MR) is 110 cm³/mol. The van der Waals surface area contributed by atoms with E-state index in [1.165, 1.54) is 5.56 Å². The summed E-state index contributed by atoms with van der Waals surface area (Å²) in [5.41, 5.74) is 1.22. The highest BCUT2D eigenvalue weighted by atomic mass is 16.5. The van der Waals surface area contributed by atoms with Crippen molar-refractivity contribution in [1.82, 2.24) is 20.2 Å². The highest BCUT2D eigenvalue weighted by Crippen LogP contribution is 2.31. The number of nitrogens with zero attached hydrogens (tertiary/aromatic N) is 3. The second kappa shape index (κ2) is 10.2. The molecule has 0 spiro atoms. The largest absolute Gasteiger partial charge is 0.396 e. The fourth-order valence-corrected chi connectivity index (χ4v) is 3.49. The maximum absolute atomic E-state index is 9.40. The molecule has 152 valence electrons. The van der Waals surface area contributed by atoms with Crippen LogP contribution >= 0.6 is 0 Å². The van der Waals surface area contributed by atoms with E-state index in [2.05, 4.69) is 39.2 Å². The lowest BCUT2D eigenvalue weighted by molar-refractivity contribution is 0.127. The average Bonchev–Trinajstić information content (AvgIpc) is 3.35. The van der Waals surface area contributed by atoms with Gasteiger partial charge in [0.15, 0.2) is 5.96 Å². The van der Waals surface area contributed by atoms with Crippen LogP contribution in [0.2, 0.25) is 0 Å². The summed E-state index contributed by atoms with van der Waals surface area (Å²) in [5.74, 6) is 1.69. The maximum atomic E-state index is 9.40. The van der Waals surface area contributed by atoms with Gasteiger partial charge in [0.05, 0.1) is 6.61 Å². The lowest BCUT2D eigenvalue weighted by Gasteiger charge is -2.27. The Kier molecular flexibility index (Phi) is 7.45. The molecule has 28 heavy (non-hydrogen) atoms. The monoisotopic (exact) mass is 385 g/mol. The van der Waals surface area contributed by atoms with Crippen molar-refractivity contribution in [3.63, 3.8) is 0 Å². The van der Waals surface area contributed by atoms with Gasteiger partial charge in [-0.25, -0.2) is 9.98 Å². The predicted octanol–water partition coefficient (Wildman–Crippen LogP) is 1.78. The molecule has 1 unspecified atom stereocenters. The van der Waals surface area contributed by atoms with E-state index < -0.39 is 0 Å². The summed E-state index contributed by atoms with van der Waals surface area (Å²) in [4.78, 5) is 9.19. The van der Waals surface area contributed by atoms with Crippen LogP contribution < -0.4 is 10.6 Å². The third kappa shape index (κ3) is 5.56. The fourth-order valence-electron chi connectivity index (χ4n) is 3.49. The van der Waals surface area contributed by atoms with Gasteiger partial charge < -0.3 is 25.0 Å². The number of guanidine groups is 1. The van der Waals surface area contributed by atoms with Crippen LogP contribution in [-0.2, 0) is 17.8 Å². The normalized spacial score (nSPS) is 19.7. The Morgan fingerprint density at radius 1 is 1.32 bits per heavy atom. The summed E-state index contributed by atoms with van der Waals surface area (Å²) >= 11 is 0. The number of hydrogen-bond donors (Lipinski definition) is 3. The number of ether oxygens (including phenoxy) is 1. The number of rotatable bonds is 9. The van der Waals surface area contributed by atoms with Crippen molar-refractivity contribution in [2.24, 2.45) is 10.4 Å². The van der Waals surface area contributed by atoms with E-state index in [-0.39, 0.29) is 12.0 Å². The van der Waals surface area contributed by atoms with Crippen LogP contribution in [0.3, 0.4) is 0 Å². The molecule has 0 saturated carbocycles. The van der Waals surface area contributed by atoms with Crippen LogP contribution in [0.1, 0.15) is 31.2 Å². The first kappa shape index (κ1) is 20.4. The molecule has 1 aliphatic rings. The minimum Gasteiger partial charge on any atom is -0.396 e. The SMILES string of the molecule is CCNC(=NCc1nccn1Cc1ccccc1)NCC1(CCO)CCOC1. The zero-order chi connectivity index (χ0) is 19.7. The van der Waals surface area contributed by atoms with E-state index in [0.717, 1.165) is 50.9 Å². The van der Waals surface area contributed by atoms with Gasteiger partial charge in [-0.3, -0.25) is 0 Å². The van der Waals surface area contributed by atoms with Gasteiger partial charge in [-0.2, -0.15) is 0 Å². The Hall–Kier alpha value is -2.38. The van der Waals surface area contributed by atoms with E-state index in [1.54, 1.807) is 0 Å². The Morgan fingerprint density at radius 3 is 2.89 bits per heavy atom. The maximum Gasteiger partial charge on any atom is 0.191 e. The van der Waals surface area contributed by atoms with E-state index in [9.17, 15) is 5.11 Å². The Morgan fingerprint density at radius 2 is 2.18 bits per heavy atom. The molecule has 1 saturated heterocycles. The molecule has 7 nitrogen and oxygen atoms in total. The molecule has 1 fully saturated rings. The summed E-state index contributed by atoms with van der Waals surface area (Å²) in [7, 11) is 0. The number of nitrogens with one attached hydrogen (secondary N) is 2. The van der Waals surface area contributed by atoms with Crippen molar-refractivity contribution in [2.75, 3.05) is 32.9 Å². The molecule has 0 radical (unpaired) electrons. The van der Waals surface area contributed by atoms with Crippen LogP contribution in [0.25, 0.3) is 0 Å². The van der Waals surface area contributed by atoms with Crippen molar-refractivity contribution >= 4 is 5.96 Å². The topological polar surface area (TPSA) is 83.7 Å². The molecule has 7 heteroatoms. The van der Waals surface area contributed by atoms with Gasteiger partial charge in [0.25, 0.3) is 0 Å². The number of benzene rings is 1. The number of aliphatic imine (C=N–C) groups is 1. The molecule has 2 aromatic rings. The second-order valence-corrected chi connectivity index (χ2v) is 7.28. The lowest BCUT2D eigenvalue weighted by atomic mass is 9.84. The molecule has 0 bridgehead atoms. The molecule has 3 N–H and O–H groups in total. The molecular formula is C21H31N5O2. The summed E-state index contributed by atoms with van der Waals surface area (Å²) in [6, 6.07) is 10.3. The molecule has 1 aromatic carbocycles. The molecule has 1 aromatic heterocycles. The van der Waals surface area contributed by atoms with Crippen molar-refractivity contribution in [3.05, 3.63) is 54.1 Å². The third-order valence-electron chi connectivity index (χ3n) is 5.18. The number of aliphatic hydroxyl groups excluding tert-OH is 1. The first-order valence-electron chi connectivity index (χ1n) is 9.99. The molecule has 2 heterocycles. The van der Waals surface area contributed by atoms with Crippen molar-refractivity contribution in [3.8, 4) is 0 Å². The number of hydrogen-bond acceptors (Lipinski definition) is 4. The Bertz CT molecular complexity index is 738. The van der Waals surface area contributed by atoms with Gasteiger partial charge in [-0.15, -0.1) is 0 Å². The summed E-state index contributed by atoms with van der Waals surface area (Å²) in [6.07, 6.45) is 5.51. The van der Waals surface area contributed by atoms with Crippen LogP contribution in [0.4, 0.5) is 0 Å².